The topological polar surface area (TPSA) is 89.5 Å². The molecule has 1 atom stereocenters. The van der Waals surface area contributed by atoms with Crippen molar-refractivity contribution in [2.75, 3.05) is 13.7 Å². The molecule has 0 saturated carbocycles. The Hall–Kier alpha value is -1.37. The van der Waals surface area contributed by atoms with E-state index in [4.69, 9.17) is 0 Å². The number of ether oxygens (including phenoxy) is 1. The largest absolute Gasteiger partial charge is 0.469 e. The van der Waals surface area contributed by atoms with Crippen LogP contribution in [0.5, 0.6) is 0 Å². The van der Waals surface area contributed by atoms with Crippen molar-refractivity contribution in [1.29, 1.82) is 0 Å². The van der Waals surface area contributed by atoms with Crippen LogP contribution in [0.15, 0.2) is 0 Å². The van der Waals surface area contributed by atoms with Gasteiger partial charge in [0.1, 0.15) is 6.42 Å². The van der Waals surface area contributed by atoms with Gasteiger partial charge in [0.05, 0.1) is 7.11 Å². The normalized spacial score (nSPS) is 11.8. The van der Waals surface area contributed by atoms with Crippen LogP contribution in [-0.4, -0.2) is 41.7 Å². The van der Waals surface area contributed by atoms with E-state index < -0.39 is 23.3 Å². The van der Waals surface area contributed by atoms with Gasteiger partial charge < -0.3 is 10.1 Å². The molecule has 0 spiro atoms. The van der Waals surface area contributed by atoms with Crippen molar-refractivity contribution in [3.63, 3.8) is 0 Å². The molecular weight excluding hydrogens is 270 g/mol. The van der Waals surface area contributed by atoms with Crippen molar-refractivity contribution in [2.24, 2.45) is 5.92 Å². The zero-order valence-corrected chi connectivity index (χ0v) is 12.3. The van der Waals surface area contributed by atoms with Crippen LogP contribution in [-0.2, 0) is 23.9 Å². The lowest BCUT2D eigenvalue weighted by atomic mass is 10.2. The number of carbonyl (C=O) groups is 4. The molecule has 0 aliphatic heterocycles. The number of Topliss-reactive ketones (excluding diaryl/α,β-unsaturated/α-hetero) is 1. The second-order valence-corrected chi connectivity index (χ2v) is 5.70. The number of esters is 1. The van der Waals surface area contributed by atoms with Crippen LogP contribution < -0.4 is 5.32 Å². The molecule has 108 valence electrons. The SMILES string of the molecule is COC(=O)CC(=O)C(=O)SC(C)CNC(=O)C(C)C. The van der Waals surface area contributed by atoms with Crippen LogP contribution >= 0.6 is 11.8 Å². The lowest BCUT2D eigenvalue weighted by molar-refractivity contribution is -0.145. The molecule has 0 aromatic rings. The molecule has 1 N–H and O–H groups in total. The van der Waals surface area contributed by atoms with Crippen LogP contribution in [0.1, 0.15) is 27.2 Å². The summed E-state index contributed by atoms with van der Waals surface area (Å²) in [6.07, 6.45) is -0.548. The minimum Gasteiger partial charge on any atom is -0.469 e. The Kier molecular flexibility index (Phi) is 8.06. The number of hydrogen-bond donors (Lipinski definition) is 1. The third kappa shape index (κ3) is 7.61. The van der Waals surface area contributed by atoms with Gasteiger partial charge in [-0.1, -0.05) is 32.5 Å². The number of amides is 1. The number of methoxy groups -OCH3 is 1. The Labute approximate surface area is 116 Å². The molecule has 0 bridgehead atoms. The van der Waals surface area contributed by atoms with E-state index in [0.717, 1.165) is 18.9 Å². The third-order valence-electron chi connectivity index (χ3n) is 2.16. The Morgan fingerprint density at radius 2 is 1.74 bits per heavy atom. The summed E-state index contributed by atoms with van der Waals surface area (Å²) in [5.74, 6) is -1.77. The highest BCUT2D eigenvalue weighted by Crippen LogP contribution is 2.12. The molecule has 7 heteroatoms. The van der Waals surface area contributed by atoms with Crippen LogP contribution in [0.25, 0.3) is 0 Å². The van der Waals surface area contributed by atoms with Crippen molar-refractivity contribution in [2.45, 2.75) is 32.4 Å². The van der Waals surface area contributed by atoms with E-state index in [9.17, 15) is 19.2 Å². The Morgan fingerprint density at radius 1 is 1.16 bits per heavy atom. The molecule has 19 heavy (non-hydrogen) atoms. The van der Waals surface area contributed by atoms with E-state index in [2.05, 4.69) is 10.1 Å². The first-order chi connectivity index (χ1) is 8.77. The first-order valence-corrected chi connectivity index (χ1v) is 6.74. The predicted octanol–water partition coefficient (Wildman–Crippen LogP) is 0.539. The van der Waals surface area contributed by atoms with Gasteiger partial charge in [0, 0.05) is 17.7 Å². The highest BCUT2D eigenvalue weighted by Gasteiger charge is 2.21. The molecule has 0 aromatic heterocycles. The molecule has 0 fully saturated rings. The van der Waals surface area contributed by atoms with Crippen molar-refractivity contribution < 1.29 is 23.9 Å². The predicted molar refractivity (Wildman–Crippen MR) is 71.5 cm³/mol. The van der Waals surface area contributed by atoms with Gasteiger partial charge in [-0.25, -0.2) is 0 Å². The fraction of sp³-hybridized carbons (Fsp3) is 0.667. The molecule has 0 aliphatic carbocycles. The number of thioether (sulfide) groups is 1. The molecular formula is C12H19NO5S. The maximum Gasteiger partial charge on any atom is 0.313 e. The molecule has 0 saturated heterocycles. The number of carbonyl (C=O) groups excluding carboxylic acids is 4. The van der Waals surface area contributed by atoms with Gasteiger partial charge in [0.2, 0.25) is 11.7 Å². The average Bonchev–Trinajstić information content (AvgIpc) is 2.35. The van der Waals surface area contributed by atoms with Crippen molar-refractivity contribution in [3.8, 4) is 0 Å². The van der Waals surface area contributed by atoms with Gasteiger partial charge in [0.15, 0.2) is 0 Å². The minimum atomic E-state index is -0.793. The zero-order valence-electron chi connectivity index (χ0n) is 11.5. The van der Waals surface area contributed by atoms with E-state index in [1.165, 1.54) is 0 Å². The second kappa shape index (κ2) is 8.68. The smallest absolute Gasteiger partial charge is 0.313 e. The number of nitrogens with one attached hydrogen (secondary N) is 1. The van der Waals surface area contributed by atoms with Crippen LogP contribution in [0.2, 0.25) is 0 Å². The molecule has 6 nitrogen and oxygen atoms in total. The first kappa shape index (κ1) is 17.6. The maximum absolute atomic E-state index is 11.5. The number of rotatable bonds is 7. The molecule has 0 aromatic carbocycles. The molecule has 1 unspecified atom stereocenters. The lowest BCUT2D eigenvalue weighted by Gasteiger charge is -2.12. The van der Waals surface area contributed by atoms with Crippen molar-refractivity contribution in [3.05, 3.63) is 0 Å². The Bertz CT molecular complexity index is 367. The third-order valence-corrected chi connectivity index (χ3v) is 3.17. The standard InChI is InChI=1S/C12H19NO5S/c1-7(2)11(16)13-6-8(3)19-12(17)9(14)5-10(15)18-4/h7-8H,5-6H2,1-4H3,(H,13,16). The summed E-state index contributed by atoms with van der Waals surface area (Å²) in [4.78, 5) is 45.0. The van der Waals surface area contributed by atoms with Crippen LogP contribution in [0.3, 0.4) is 0 Å². The summed E-state index contributed by atoms with van der Waals surface area (Å²) in [6, 6.07) is 0. The fourth-order valence-electron chi connectivity index (χ4n) is 1.01. The fourth-order valence-corrected chi connectivity index (χ4v) is 1.75. The quantitative estimate of drug-likeness (QED) is 0.418. The van der Waals surface area contributed by atoms with Crippen molar-refractivity contribution in [1.82, 2.24) is 5.32 Å². The summed E-state index contributed by atoms with van der Waals surface area (Å²) < 4.78 is 4.30. The van der Waals surface area contributed by atoms with E-state index in [1.807, 2.05) is 0 Å². The van der Waals surface area contributed by atoms with Gasteiger partial charge in [0.25, 0.3) is 5.12 Å². The van der Waals surface area contributed by atoms with Gasteiger partial charge in [-0.15, -0.1) is 0 Å². The molecule has 0 heterocycles. The molecule has 0 radical (unpaired) electrons. The Morgan fingerprint density at radius 3 is 2.21 bits per heavy atom. The van der Waals surface area contributed by atoms with Gasteiger partial charge >= 0.3 is 5.97 Å². The Balaban J connectivity index is 4.08. The van der Waals surface area contributed by atoms with E-state index in [1.54, 1.807) is 20.8 Å². The van der Waals surface area contributed by atoms with Crippen LogP contribution in [0.4, 0.5) is 0 Å². The monoisotopic (exact) mass is 289 g/mol. The lowest BCUT2D eigenvalue weighted by Crippen LogP contribution is -2.33. The van der Waals surface area contributed by atoms with Gasteiger partial charge in [-0.3, -0.25) is 19.2 Å². The summed E-state index contributed by atoms with van der Waals surface area (Å²) in [6.45, 7) is 5.53. The summed E-state index contributed by atoms with van der Waals surface area (Å²) in [5, 5.41) is 1.73. The highest BCUT2D eigenvalue weighted by molar-refractivity contribution is 8.15. The maximum atomic E-state index is 11.5. The van der Waals surface area contributed by atoms with Gasteiger partial charge in [-0.2, -0.15) is 0 Å². The molecule has 0 aliphatic rings. The van der Waals surface area contributed by atoms with Crippen LogP contribution in [0, 0.1) is 5.92 Å². The number of hydrogen-bond acceptors (Lipinski definition) is 6. The zero-order chi connectivity index (χ0) is 15.0. The van der Waals surface area contributed by atoms with E-state index >= 15 is 0 Å². The van der Waals surface area contributed by atoms with Gasteiger partial charge in [-0.05, 0) is 0 Å². The number of ketones is 1. The average molecular weight is 289 g/mol. The molecule has 1 amide bonds. The van der Waals surface area contributed by atoms with E-state index in [-0.39, 0.29) is 17.1 Å². The minimum absolute atomic E-state index is 0.110. The summed E-state index contributed by atoms with van der Waals surface area (Å²) in [5.41, 5.74) is 0. The van der Waals surface area contributed by atoms with E-state index in [0.29, 0.717) is 6.54 Å². The first-order valence-electron chi connectivity index (χ1n) is 5.86. The highest BCUT2D eigenvalue weighted by atomic mass is 32.2. The summed E-state index contributed by atoms with van der Waals surface area (Å²) in [7, 11) is 1.15. The van der Waals surface area contributed by atoms with Crippen molar-refractivity contribution >= 4 is 34.5 Å². The second-order valence-electron chi connectivity index (χ2n) is 4.29. The molecule has 0 rings (SSSR count). The summed E-state index contributed by atoms with van der Waals surface area (Å²) >= 11 is 0.803.